The maximum absolute atomic E-state index is 14.0. The van der Waals surface area contributed by atoms with Crippen LogP contribution in [0.25, 0.3) is 0 Å². The Balaban J connectivity index is 1.60. The van der Waals surface area contributed by atoms with E-state index in [0.29, 0.717) is 30.9 Å². The van der Waals surface area contributed by atoms with Crippen molar-refractivity contribution in [2.45, 2.75) is 32.6 Å². The predicted octanol–water partition coefficient (Wildman–Crippen LogP) is 4.49. The van der Waals surface area contributed by atoms with Gasteiger partial charge in [0, 0.05) is 55.4 Å². The molecule has 1 atom stereocenters. The van der Waals surface area contributed by atoms with Crippen molar-refractivity contribution in [2.75, 3.05) is 57.2 Å². The normalized spacial score (nSPS) is 18.6. The van der Waals surface area contributed by atoms with Gasteiger partial charge in [0.1, 0.15) is 5.75 Å². The van der Waals surface area contributed by atoms with E-state index in [1.165, 1.54) is 0 Å². The van der Waals surface area contributed by atoms with Gasteiger partial charge in [-0.3, -0.25) is 9.59 Å². The first-order valence-corrected chi connectivity index (χ1v) is 14.3. The van der Waals surface area contributed by atoms with Gasteiger partial charge in [-0.1, -0.05) is 36.4 Å². The zero-order valence-electron chi connectivity index (χ0n) is 24.7. The van der Waals surface area contributed by atoms with Gasteiger partial charge < -0.3 is 30.5 Å². The molecule has 0 saturated carbocycles. The smallest absolute Gasteiger partial charge is 0.258 e. The second-order valence-corrected chi connectivity index (χ2v) is 11.0. The summed E-state index contributed by atoms with van der Waals surface area (Å²) in [6, 6.07) is 13.7. The molecule has 1 heterocycles. The molecule has 1 aliphatic heterocycles. The largest absolute Gasteiger partial charge is 0.495 e. The monoisotopic (exact) mass is 557 g/mol. The highest BCUT2D eigenvalue weighted by molar-refractivity contribution is 6.07. The fourth-order valence-electron chi connectivity index (χ4n) is 5.70. The Morgan fingerprint density at radius 1 is 1.15 bits per heavy atom. The number of para-hydroxylation sites is 1. The van der Waals surface area contributed by atoms with Gasteiger partial charge in [-0.05, 0) is 81.9 Å². The van der Waals surface area contributed by atoms with Crippen molar-refractivity contribution in [3.63, 3.8) is 0 Å². The number of nitrogens with one attached hydrogen (secondary N) is 1. The van der Waals surface area contributed by atoms with E-state index in [1.54, 1.807) is 13.2 Å². The highest BCUT2D eigenvalue weighted by atomic mass is 16.5. The van der Waals surface area contributed by atoms with E-state index < -0.39 is 0 Å². The van der Waals surface area contributed by atoms with E-state index in [2.05, 4.69) is 22.4 Å². The molecule has 218 valence electrons. The van der Waals surface area contributed by atoms with Crippen molar-refractivity contribution < 1.29 is 14.3 Å². The summed E-state index contributed by atoms with van der Waals surface area (Å²) < 4.78 is 5.72. The highest BCUT2D eigenvalue weighted by Gasteiger charge is 2.39. The van der Waals surface area contributed by atoms with Crippen molar-refractivity contribution in [2.24, 2.45) is 11.1 Å². The number of allylic oxidation sites excluding steroid dienone is 2. The average Bonchev–Trinajstić information content (AvgIpc) is 3.31. The number of nitrogens with zero attached hydrogens (tertiary/aromatic N) is 3. The Morgan fingerprint density at radius 3 is 2.68 bits per heavy atom. The second kappa shape index (κ2) is 13.7. The number of hydrogen-bond donors (Lipinski definition) is 2. The molecule has 1 spiro atoms. The van der Waals surface area contributed by atoms with Crippen LogP contribution >= 0.6 is 0 Å². The highest BCUT2D eigenvalue weighted by Crippen LogP contribution is 2.46. The van der Waals surface area contributed by atoms with Crippen molar-refractivity contribution in [1.82, 2.24) is 10.2 Å². The Bertz CT molecular complexity index is 1330. The third-order valence-corrected chi connectivity index (χ3v) is 7.83. The predicted molar refractivity (Wildman–Crippen MR) is 166 cm³/mol. The van der Waals surface area contributed by atoms with Crippen LogP contribution in [0.15, 0.2) is 78.7 Å². The Hall–Kier alpha value is -3.88. The van der Waals surface area contributed by atoms with Crippen molar-refractivity contribution >= 4 is 23.2 Å². The average molecular weight is 558 g/mol. The van der Waals surface area contributed by atoms with Crippen LogP contribution in [0.1, 0.15) is 42.1 Å². The summed E-state index contributed by atoms with van der Waals surface area (Å²) in [6.07, 6.45) is 13.0. The van der Waals surface area contributed by atoms with Crippen LogP contribution in [0.3, 0.4) is 0 Å². The van der Waals surface area contributed by atoms with Crippen LogP contribution in [0.5, 0.6) is 5.75 Å². The molecule has 2 aromatic rings. The first-order valence-electron chi connectivity index (χ1n) is 14.3. The van der Waals surface area contributed by atoms with Crippen molar-refractivity contribution in [3.8, 4) is 5.75 Å². The van der Waals surface area contributed by atoms with Gasteiger partial charge in [0.15, 0.2) is 0 Å². The fraction of sp³-hybridized carbons (Fsp3) is 0.394. The topological polar surface area (TPSA) is 91.1 Å². The number of methoxy groups -OCH3 is 1. The minimum absolute atomic E-state index is 0.0228. The van der Waals surface area contributed by atoms with E-state index in [-0.39, 0.29) is 17.2 Å². The summed E-state index contributed by atoms with van der Waals surface area (Å²) in [5.74, 6) is 0.548. The van der Waals surface area contributed by atoms with Crippen molar-refractivity contribution in [1.29, 1.82) is 0 Å². The van der Waals surface area contributed by atoms with E-state index in [0.717, 1.165) is 54.7 Å². The maximum atomic E-state index is 14.0. The number of ether oxygens (including phenoxy) is 1. The summed E-state index contributed by atoms with van der Waals surface area (Å²) in [7, 11) is 5.60. The molecular weight excluding hydrogens is 514 g/mol. The molecule has 4 rings (SSSR count). The van der Waals surface area contributed by atoms with Crippen LogP contribution in [0.2, 0.25) is 0 Å². The number of benzene rings is 2. The first-order chi connectivity index (χ1) is 19.8. The number of rotatable bonds is 10. The lowest BCUT2D eigenvalue weighted by Crippen LogP contribution is -2.33. The molecule has 2 aliphatic rings. The zero-order chi connectivity index (χ0) is 29.4. The molecule has 2 aromatic carbocycles. The molecular formula is C33H43N5O3. The molecule has 3 N–H and O–H groups in total. The summed E-state index contributed by atoms with van der Waals surface area (Å²) in [5.41, 5.74) is 9.80. The van der Waals surface area contributed by atoms with Gasteiger partial charge >= 0.3 is 0 Å². The molecule has 1 aliphatic carbocycles. The van der Waals surface area contributed by atoms with E-state index in [1.807, 2.05) is 85.7 Å². The van der Waals surface area contributed by atoms with Crippen LogP contribution in [-0.4, -0.2) is 64.1 Å². The van der Waals surface area contributed by atoms with Crippen LogP contribution in [0.4, 0.5) is 11.4 Å². The quantitative estimate of drug-likeness (QED) is 0.448. The lowest BCUT2D eigenvalue weighted by Gasteiger charge is -2.26. The Labute approximate surface area is 244 Å². The third kappa shape index (κ3) is 7.07. The van der Waals surface area contributed by atoms with Gasteiger partial charge in [0.25, 0.3) is 5.91 Å². The number of hydrogen-bond acceptors (Lipinski definition) is 6. The van der Waals surface area contributed by atoms with Crippen LogP contribution in [0, 0.1) is 5.41 Å². The minimum Gasteiger partial charge on any atom is -0.495 e. The third-order valence-electron chi connectivity index (χ3n) is 7.83. The summed E-state index contributed by atoms with van der Waals surface area (Å²) in [6.45, 7) is 4.35. The molecule has 8 heteroatoms. The summed E-state index contributed by atoms with van der Waals surface area (Å²) in [4.78, 5) is 32.8. The number of nitrogens with two attached hydrogens (primary N) is 1. The number of fused-ring (bicyclic) bond motifs is 1. The number of likely N-dealkylation sites (N-methyl/N-ethyl adjacent to an activating group) is 1. The maximum Gasteiger partial charge on any atom is 0.258 e. The fourth-order valence-corrected chi connectivity index (χ4v) is 5.70. The molecule has 8 nitrogen and oxygen atoms in total. The van der Waals surface area contributed by atoms with Gasteiger partial charge in [0.2, 0.25) is 5.91 Å². The summed E-state index contributed by atoms with van der Waals surface area (Å²) in [5, 5.41) is 3.06. The first kappa shape index (κ1) is 30.1. The van der Waals surface area contributed by atoms with Gasteiger partial charge in [-0.15, -0.1) is 0 Å². The molecule has 0 aromatic heterocycles. The molecule has 0 fully saturated rings. The molecule has 41 heavy (non-hydrogen) atoms. The van der Waals surface area contributed by atoms with Crippen LogP contribution < -0.4 is 25.6 Å². The van der Waals surface area contributed by atoms with Crippen molar-refractivity contribution in [3.05, 3.63) is 89.8 Å². The SMILES string of the molecule is C/C=C\N(/C=C/CN)c1ccc(C(=O)N2CCC3(C=C(C(=O)NCCN(C)C)CC3)Cc3ccccc32)cc1OC. The van der Waals surface area contributed by atoms with Gasteiger partial charge in [-0.2, -0.15) is 0 Å². The molecule has 0 bridgehead atoms. The van der Waals surface area contributed by atoms with E-state index in [4.69, 9.17) is 10.5 Å². The minimum atomic E-state index is -0.150. The second-order valence-electron chi connectivity index (χ2n) is 11.0. The van der Waals surface area contributed by atoms with E-state index >= 15 is 0 Å². The zero-order valence-corrected chi connectivity index (χ0v) is 24.7. The van der Waals surface area contributed by atoms with E-state index in [9.17, 15) is 9.59 Å². The van der Waals surface area contributed by atoms with Gasteiger partial charge in [-0.25, -0.2) is 0 Å². The Kier molecular flexibility index (Phi) is 10.0. The number of carbonyl (C=O) groups is 2. The molecule has 0 saturated heterocycles. The summed E-state index contributed by atoms with van der Waals surface area (Å²) >= 11 is 0. The van der Waals surface area contributed by atoms with Crippen LogP contribution in [-0.2, 0) is 11.2 Å². The standard InChI is InChI=1S/C33H43N5O3/c1-5-18-37(19-8-16-34)29-12-11-25(22-30(29)41-4)32(40)38-20-15-33(23-26-9-6-7-10-28(26)38)14-13-27(24-33)31(39)35-17-21-36(2)3/h5-12,18-19,22,24H,13-17,20-21,23,34H2,1-4H3,(H,35,39)/b18-5-,19-8+. The molecule has 0 radical (unpaired) electrons. The lowest BCUT2D eigenvalue weighted by molar-refractivity contribution is -0.117. The lowest BCUT2D eigenvalue weighted by atomic mass is 9.79. The van der Waals surface area contributed by atoms with Gasteiger partial charge in [0.05, 0.1) is 12.8 Å². The number of amides is 2. The molecule has 1 unspecified atom stereocenters. The number of carbonyl (C=O) groups excluding carboxylic acids is 2. The molecule has 2 amide bonds. The Morgan fingerprint density at radius 2 is 1.95 bits per heavy atom. The number of anilines is 2.